The fourth-order valence-electron chi connectivity index (χ4n) is 4.94. The Bertz CT molecular complexity index is 1530. The monoisotopic (exact) mass is 535 g/mol. The van der Waals surface area contributed by atoms with E-state index in [4.69, 9.17) is 4.42 Å². The van der Waals surface area contributed by atoms with E-state index in [1.165, 1.54) is 16.7 Å². The largest absolute Gasteiger partial charge is 0.480 e. The van der Waals surface area contributed by atoms with Gasteiger partial charge in [-0.15, -0.1) is 11.8 Å². The molecule has 3 heterocycles. The van der Waals surface area contributed by atoms with Crippen LogP contribution in [0.1, 0.15) is 41.4 Å². The number of carbonyl (C=O) groups excluding carboxylic acids is 3. The average molecular weight is 536 g/mol. The van der Waals surface area contributed by atoms with Crippen molar-refractivity contribution in [3.05, 3.63) is 81.7 Å². The molecule has 2 saturated heterocycles. The number of fused-ring (bicyclic) bond motifs is 2. The molecule has 0 radical (unpaired) electrons. The first-order valence-corrected chi connectivity index (χ1v) is 12.8. The molecule has 1 aromatic heterocycles. The Morgan fingerprint density at radius 3 is 2.50 bits per heavy atom. The molecule has 3 aromatic rings. The second kappa shape index (κ2) is 9.32. The number of amides is 3. The molecule has 38 heavy (non-hydrogen) atoms. The zero-order chi connectivity index (χ0) is 27.4. The Labute approximate surface area is 221 Å². The van der Waals surface area contributed by atoms with Gasteiger partial charge >= 0.3 is 5.97 Å². The van der Waals surface area contributed by atoms with Crippen molar-refractivity contribution in [1.82, 2.24) is 15.5 Å². The third-order valence-electron chi connectivity index (χ3n) is 6.82. The summed E-state index contributed by atoms with van der Waals surface area (Å²) in [6.45, 7) is 5.29. The third-order valence-corrected chi connectivity index (χ3v) is 8.39. The van der Waals surface area contributed by atoms with Crippen molar-refractivity contribution < 1.29 is 28.7 Å². The van der Waals surface area contributed by atoms with Crippen LogP contribution in [0, 0.1) is 6.92 Å². The highest BCUT2D eigenvalue weighted by atomic mass is 32.2. The Hall–Kier alpha value is -4.12. The number of hydrogen-bond acceptors (Lipinski definition) is 7. The number of aryl methyl sites for hydroxylation is 1. The number of thioether (sulfide) groups is 1. The van der Waals surface area contributed by atoms with Crippen LogP contribution < -0.4 is 16.1 Å². The highest BCUT2D eigenvalue weighted by molar-refractivity contribution is 8.01. The van der Waals surface area contributed by atoms with Crippen LogP contribution in [0.25, 0.3) is 11.0 Å². The number of aliphatic carboxylic acids is 1. The van der Waals surface area contributed by atoms with Gasteiger partial charge in [-0.1, -0.05) is 42.0 Å². The summed E-state index contributed by atoms with van der Waals surface area (Å²) in [7, 11) is 0. The SMILES string of the molecule is Cc1ccc2occ(C(=O)NC(C(=O)N[C@@H]3C(=O)N4[C@@H]3SC(C)(C)[C@@H]4C(=O)O)c3ccccc3)c(=O)c2c1. The average Bonchev–Trinajstić information content (AvgIpc) is 3.14. The maximum Gasteiger partial charge on any atom is 0.327 e. The van der Waals surface area contributed by atoms with E-state index < -0.39 is 57.4 Å². The Morgan fingerprint density at radius 2 is 1.82 bits per heavy atom. The number of nitrogens with zero attached hydrogens (tertiary/aromatic N) is 1. The van der Waals surface area contributed by atoms with Crippen LogP contribution >= 0.6 is 11.8 Å². The molecule has 2 aliphatic rings. The first-order chi connectivity index (χ1) is 18.0. The van der Waals surface area contributed by atoms with Gasteiger partial charge in [-0.05, 0) is 38.5 Å². The van der Waals surface area contributed by atoms with Gasteiger partial charge in [0, 0.05) is 4.75 Å². The van der Waals surface area contributed by atoms with Gasteiger partial charge in [0.2, 0.25) is 17.2 Å². The van der Waals surface area contributed by atoms with E-state index in [9.17, 15) is 29.1 Å². The molecule has 10 nitrogen and oxygen atoms in total. The number of β-lactam (4-membered cyclic amide) rings is 1. The molecule has 196 valence electrons. The summed E-state index contributed by atoms with van der Waals surface area (Å²) in [4.78, 5) is 65.6. The molecule has 0 saturated carbocycles. The van der Waals surface area contributed by atoms with E-state index in [0.29, 0.717) is 11.1 Å². The topological polar surface area (TPSA) is 146 Å². The maximum absolute atomic E-state index is 13.4. The Morgan fingerprint density at radius 1 is 1.11 bits per heavy atom. The van der Waals surface area contributed by atoms with Crippen LogP contribution in [-0.2, 0) is 14.4 Å². The van der Waals surface area contributed by atoms with Crippen LogP contribution in [0.4, 0.5) is 0 Å². The van der Waals surface area contributed by atoms with E-state index in [0.717, 1.165) is 11.8 Å². The van der Waals surface area contributed by atoms with E-state index in [2.05, 4.69) is 10.6 Å². The van der Waals surface area contributed by atoms with Gasteiger partial charge in [0.25, 0.3) is 5.91 Å². The first-order valence-electron chi connectivity index (χ1n) is 11.9. The molecule has 1 unspecified atom stereocenters. The third kappa shape index (κ3) is 4.22. The van der Waals surface area contributed by atoms with Crippen molar-refractivity contribution in [1.29, 1.82) is 0 Å². The fourth-order valence-corrected chi connectivity index (χ4v) is 6.56. The highest BCUT2D eigenvalue weighted by Crippen LogP contribution is 2.50. The van der Waals surface area contributed by atoms with Gasteiger partial charge < -0.3 is 25.1 Å². The van der Waals surface area contributed by atoms with Crippen molar-refractivity contribution >= 4 is 46.4 Å². The maximum atomic E-state index is 13.4. The molecule has 5 rings (SSSR count). The van der Waals surface area contributed by atoms with E-state index >= 15 is 0 Å². The van der Waals surface area contributed by atoms with Crippen LogP contribution in [0.3, 0.4) is 0 Å². The molecule has 3 amide bonds. The fraction of sp³-hybridized carbons (Fsp3) is 0.296. The smallest absolute Gasteiger partial charge is 0.327 e. The molecule has 0 spiro atoms. The van der Waals surface area contributed by atoms with Crippen molar-refractivity contribution in [3.8, 4) is 0 Å². The van der Waals surface area contributed by atoms with E-state index in [1.54, 1.807) is 62.4 Å². The second-order valence-corrected chi connectivity index (χ2v) is 11.7. The van der Waals surface area contributed by atoms with Crippen molar-refractivity contribution in [2.24, 2.45) is 0 Å². The lowest BCUT2D eigenvalue weighted by Gasteiger charge is -2.44. The number of carboxylic acid groups (broad SMARTS) is 1. The van der Waals surface area contributed by atoms with Crippen molar-refractivity contribution in [2.45, 2.75) is 49.0 Å². The predicted molar refractivity (Wildman–Crippen MR) is 140 cm³/mol. The predicted octanol–water partition coefficient (Wildman–Crippen LogP) is 2.20. The van der Waals surface area contributed by atoms with E-state index in [-0.39, 0.29) is 10.9 Å². The lowest BCUT2D eigenvalue weighted by molar-refractivity contribution is -0.161. The van der Waals surface area contributed by atoms with Crippen molar-refractivity contribution in [2.75, 3.05) is 0 Å². The van der Waals surface area contributed by atoms with Gasteiger partial charge in [-0.25, -0.2) is 4.79 Å². The summed E-state index contributed by atoms with van der Waals surface area (Å²) in [6, 6.07) is 10.3. The highest BCUT2D eigenvalue weighted by Gasteiger charge is 2.64. The number of rotatable bonds is 6. The number of carboxylic acids is 1. The lowest BCUT2D eigenvalue weighted by atomic mass is 9.95. The Balaban J connectivity index is 1.40. The Kier molecular flexibility index (Phi) is 6.26. The van der Waals surface area contributed by atoms with Crippen LogP contribution in [-0.4, -0.2) is 55.9 Å². The van der Waals surface area contributed by atoms with Gasteiger partial charge in [-0.3, -0.25) is 19.2 Å². The summed E-state index contributed by atoms with van der Waals surface area (Å²) in [6.07, 6.45) is 1.06. The molecular weight excluding hydrogens is 510 g/mol. The quantitative estimate of drug-likeness (QED) is 0.407. The molecule has 2 aromatic carbocycles. The standard InChI is InChI=1S/C27H25N3O7S/c1-13-9-10-17-15(11-13)20(31)16(12-37-17)22(32)28-18(14-7-5-4-6-8-14)23(33)29-19-24(34)30-21(26(35)36)27(2,3)38-25(19)30/h4-12,18-19,21,25H,1-3H3,(H,28,32)(H,29,33)(H,35,36)/t18?,19-,21+,25-/m1/s1. The molecule has 3 N–H and O–H groups in total. The molecule has 0 aliphatic carbocycles. The lowest BCUT2D eigenvalue weighted by Crippen LogP contribution is -2.71. The second-order valence-electron chi connectivity index (χ2n) is 9.88. The molecule has 4 atom stereocenters. The summed E-state index contributed by atoms with van der Waals surface area (Å²) in [5, 5.41) is 14.6. The molecule has 2 fully saturated rings. The summed E-state index contributed by atoms with van der Waals surface area (Å²) < 4.78 is 4.74. The van der Waals surface area contributed by atoms with E-state index in [1.807, 2.05) is 6.92 Å². The zero-order valence-corrected chi connectivity index (χ0v) is 21.6. The van der Waals surface area contributed by atoms with Crippen LogP contribution in [0.2, 0.25) is 0 Å². The van der Waals surface area contributed by atoms with Crippen LogP contribution in [0.15, 0.2) is 64.0 Å². The van der Waals surface area contributed by atoms with Gasteiger partial charge in [-0.2, -0.15) is 0 Å². The normalized spacial score (nSPS) is 22.3. The molecule has 11 heteroatoms. The minimum absolute atomic E-state index is 0.243. The van der Waals surface area contributed by atoms with Gasteiger partial charge in [0.05, 0.1) is 5.39 Å². The number of carbonyl (C=O) groups is 4. The van der Waals surface area contributed by atoms with Crippen LogP contribution in [0.5, 0.6) is 0 Å². The molecular formula is C27H25N3O7S. The first kappa shape index (κ1) is 25.5. The summed E-state index contributed by atoms with van der Waals surface area (Å²) in [5.74, 6) is -3.09. The number of hydrogen-bond donors (Lipinski definition) is 3. The number of benzene rings is 2. The summed E-state index contributed by atoms with van der Waals surface area (Å²) in [5.41, 5.74) is 0.792. The minimum Gasteiger partial charge on any atom is -0.480 e. The van der Waals surface area contributed by atoms with Gasteiger partial charge in [0.15, 0.2) is 0 Å². The van der Waals surface area contributed by atoms with Gasteiger partial charge in [0.1, 0.15) is 40.9 Å². The van der Waals surface area contributed by atoms with Crippen molar-refractivity contribution in [3.63, 3.8) is 0 Å². The molecule has 0 bridgehead atoms. The number of nitrogens with one attached hydrogen (secondary N) is 2. The zero-order valence-electron chi connectivity index (χ0n) is 20.8. The summed E-state index contributed by atoms with van der Waals surface area (Å²) >= 11 is 1.30. The minimum atomic E-state index is -1.23. The molecule has 2 aliphatic heterocycles.